The molecule has 33 heavy (non-hydrogen) atoms. The Bertz CT molecular complexity index is 1200. The van der Waals surface area contributed by atoms with Gasteiger partial charge in [-0.3, -0.25) is 0 Å². The number of benzene rings is 2. The standard InChI is InChI=1S/C20H18F4N2O6S/c1-31-16-4-3-14(7-15(16)21)32-18-9-26(10-19(18,28)11-27)33(29,30)17-5-2-13(20(22,23)24)6-12(17)8-25/h2-7,18,27-28H,9-11H2,1H3/t18-,19+/m0/s1. The van der Waals surface area contributed by atoms with Crippen LogP contribution in [0.2, 0.25) is 0 Å². The molecule has 1 heterocycles. The zero-order valence-electron chi connectivity index (χ0n) is 17.0. The lowest BCUT2D eigenvalue weighted by molar-refractivity contribution is -0.137. The molecule has 2 aromatic carbocycles. The number of hydrogen-bond acceptors (Lipinski definition) is 7. The Hall–Kier alpha value is -2.92. The summed E-state index contributed by atoms with van der Waals surface area (Å²) in [5, 5.41) is 29.6. The largest absolute Gasteiger partial charge is 0.494 e. The molecule has 2 N–H and O–H groups in total. The zero-order valence-corrected chi connectivity index (χ0v) is 17.8. The molecule has 0 saturated carbocycles. The van der Waals surface area contributed by atoms with Crippen molar-refractivity contribution in [2.75, 3.05) is 26.8 Å². The van der Waals surface area contributed by atoms with E-state index in [9.17, 15) is 41.5 Å². The van der Waals surface area contributed by atoms with Gasteiger partial charge in [0.15, 0.2) is 11.6 Å². The lowest BCUT2D eigenvalue weighted by Crippen LogP contribution is -2.48. The molecule has 0 spiro atoms. The van der Waals surface area contributed by atoms with E-state index in [1.165, 1.54) is 25.3 Å². The van der Waals surface area contributed by atoms with Crippen molar-refractivity contribution in [1.82, 2.24) is 4.31 Å². The molecule has 2 atom stereocenters. The first-order chi connectivity index (χ1) is 15.4. The van der Waals surface area contributed by atoms with Gasteiger partial charge in [0, 0.05) is 12.6 Å². The summed E-state index contributed by atoms with van der Waals surface area (Å²) in [6.07, 6.45) is -6.14. The second kappa shape index (κ2) is 8.79. The van der Waals surface area contributed by atoms with Gasteiger partial charge in [0.25, 0.3) is 0 Å². The summed E-state index contributed by atoms with van der Waals surface area (Å²) in [6, 6.07) is 6.52. The molecule has 8 nitrogen and oxygen atoms in total. The number of halogens is 4. The SMILES string of the molecule is COc1ccc(O[C@H]2CN(S(=O)(=O)c3ccc(C(F)(F)F)cc3C#N)C[C@@]2(O)CO)cc1F. The van der Waals surface area contributed by atoms with Gasteiger partial charge in [-0.05, 0) is 30.3 Å². The second-order valence-electron chi connectivity index (χ2n) is 7.28. The Morgan fingerprint density at radius 2 is 1.97 bits per heavy atom. The fourth-order valence-corrected chi connectivity index (χ4v) is 4.98. The van der Waals surface area contributed by atoms with Crippen molar-refractivity contribution in [2.45, 2.75) is 22.8 Å². The molecule has 0 radical (unpaired) electrons. The average Bonchev–Trinajstić information content (AvgIpc) is 3.10. The number of hydrogen-bond donors (Lipinski definition) is 2. The molecular weight excluding hydrogens is 472 g/mol. The normalized spacial score (nSPS) is 21.6. The first kappa shape index (κ1) is 24.7. The molecule has 1 aliphatic rings. The van der Waals surface area contributed by atoms with Crippen LogP contribution in [0.3, 0.4) is 0 Å². The van der Waals surface area contributed by atoms with Crippen LogP contribution < -0.4 is 9.47 Å². The summed E-state index contributed by atoms with van der Waals surface area (Å²) >= 11 is 0. The number of sulfonamides is 1. The summed E-state index contributed by atoms with van der Waals surface area (Å²) in [5.74, 6) is -0.952. The number of aliphatic hydroxyl groups excluding tert-OH is 1. The highest BCUT2D eigenvalue weighted by Crippen LogP contribution is 2.35. The first-order valence-corrected chi connectivity index (χ1v) is 10.7. The summed E-state index contributed by atoms with van der Waals surface area (Å²) in [6.45, 7) is -2.14. The minimum absolute atomic E-state index is 0.0817. The van der Waals surface area contributed by atoms with E-state index in [1.807, 2.05) is 0 Å². The molecule has 3 rings (SSSR count). The van der Waals surface area contributed by atoms with Crippen LogP contribution in [0.25, 0.3) is 0 Å². The van der Waals surface area contributed by atoms with Crippen LogP contribution in [0, 0.1) is 17.1 Å². The minimum atomic E-state index is -4.79. The van der Waals surface area contributed by atoms with Crippen molar-refractivity contribution < 1.29 is 45.7 Å². The van der Waals surface area contributed by atoms with Crippen molar-refractivity contribution in [1.29, 1.82) is 5.26 Å². The fraction of sp³-hybridized carbons (Fsp3) is 0.350. The fourth-order valence-electron chi connectivity index (χ4n) is 3.35. The molecule has 1 aliphatic heterocycles. The van der Waals surface area contributed by atoms with Gasteiger partial charge in [0.1, 0.15) is 23.5 Å². The number of β-amino-alcohol motifs (C(OH)–C–C–N with tert-alkyl or cyclic N) is 1. The van der Waals surface area contributed by atoms with E-state index in [4.69, 9.17) is 9.47 Å². The number of ether oxygens (including phenoxy) is 2. The first-order valence-electron chi connectivity index (χ1n) is 9.30. The Kier molecular flexibility index (Phi) is 6.58. The molecule has 0 aromatic heterocycles. The Balaban J connectivity index is 1.93. The van der Waals surface area contributed by atoms with Gasteiger partial charge in [-0.2, -0.15) is 22.7 Å². The van der Waals surface area contributed by atoms with E-state index in [0.29, 0.717) is 22.5 Å². The molecule has 0 amide bonds. The van der Waals surface area contributed by atoms with Gasteiger partial charge in [0.05, 0.1) is 36.3 Å². The Morgan fingerprint density at radius 3 is 2.52 bits per heavy atom. The predicted molar refractivity (Wildman–Crippen MR) is 104 cm³/mol. The van der Waals surface area contributed by atoms with Crippen molar-refractivity contribution in [3.05, 3.63) is 53.3 Å². The van der Waals surface area contributed by atoms with E-state index in [2.05, 4.69) is 0 Å². The third kappa shape index (κ3) is 4.74. The van der Waals surface area contributed by atoms with Crippen molar-refractivity contribution in [3.63, 3.8) is 0 Å². The number of rotatable bonds is 6. The number of methoxy groups -OCH3 is 1. The quantitative estimate of drug-likeness (QED) is 0.594. The van der Waals surface area contributed by atoms with Crippen LogP contribution in [0.1, 0.15) is 11.1 Å². The van der Waals surface area contributed by atoms with Crippen molar-refractivity contribution in [2.24, 2.45) is 0 Å². The van der Waals surface area contributed by atoms with Crippen LogP contribution in [0.5, 0.6) is 11.5 Å². The summed E-state index contributed by atoms with van der Waals surface area (Å²) in [5.41, 5.74) is -4.05. The molecule has 178 valence electrons. The average molecular weight is 490 g/mol. The number of nitrogens with zero attached hydrogens (tertiary/aromatic N) is 2. The molecule has 2 aromatic rings. The van der Waals surface area contributed by atoms with E-state index in [-0.39, 0.29) is 11.5 Å². The van der Waals surface area contributed by atoms with Crippen molar-refractivity contribution >= 4 is 10.0 Å². The third-order valence-electron chi connectivity index (χ3n) is 5.14. The molecule has 13 heteroatoms. The zero-order chi connectivity index (χ0) is 24.6. The van der Waals surface area contributed by atoms with E-state index < -0.39 is 69.4 Å². The summed E-state index contributed by atoms with van der Waals surface area (Å²) in [4.78, 5) is -0.700. The van der Waals surface area contributed by atoms with Crippen LogP contribution in [0.15, 0.2) is 41.3 Å². The molecule has 0 unspecified atom stereocenters. The van der Waals surface area contributed by atoms with Gasteiger partial charge in [-0.1, -0.05) is 0 Å². The van der Waals surface area contributed by atoms with Crippen molar-refractivity contribution in [3.8, 4) is 17.6 Å². The maximum Gasteiger partial charge on any atom is 0.416 e. The Morgan fingerprint density at radius 1 is 1.27 bits per heavy atom. The topological polar surface area (TPSA) is 120 Å². The molecule has 0 bridgehead atoms. The molecule has 0 aliphatic carbocycles. The lowest BCUT2D eigenvalue weighted by atomic mass is 10.0. The van der Waals surface area contributed by atoms with E-state index in [1.54, 1.807) is 0 Å². The number of aliphatic hydroxyl groups is 2. The van der Waals surface area contributed by atoms with Crippen LogP contribution in [-0.4, -0.2) is 61.4 Å². The third-order valence-corrected chi connectivity index (χ3v) is 7.01. The summed E-state index contributed by atoms with van der Waals surface area (Å²) in [7, 11) is -3.32. The lowest BCUT2D eigenvalue weighted by Gasteiger charge is -2.27. The van der Waals surface area contributed by atoms with Gasteiger partial charge < -0.3 is 19.7 Å². The number of nitriles is 1. The van der Waals surface area contributed by atoms with Gasteiger partial charge >= 0.3 is 6.18 Å². The maximum atomic E-state index is 14.0. The Labute approximate surface area is 186 Å². The summed E-state index contributed by atoms with van der Waals surface area (Å²) < 4.78 is 89.9. The second-order valence-corrected chi connectivity index (χ2v) is 9.19. The molecule has 1 saturated heterocycles. The van der Waals surface area contributed by atoms with Gasteiger partial charge in [-0.15, -0.1) is 0 Å². The van der Waals surface area contributed by atoms with Crippen LogP contribution in [-0.2, 0) is 16.2 Å². The highest BCUT2D eigenvalue weighted by molar-refractivity contribution is 7.89. The monoisotopic (exact) mass is 490 g/mol. The van der Waals surface area contributed by atoms with E-state index >= 15 is 0 Å². The van der Waals surface area contributed by atoms with Gasteiger partial charge in [-0.25, -0.2) is 12.8 Å². The smallest absolute Gasteiger partial charge is 0.416 e. The highest BCUT2D eigenvalue weighted by Gasteiger charge is 2.51. The number of alkyl halides is 3. The van der Waals surface area contributed by atoms with Gasteiger partial charge in [0.2, 0.25) is 10.0 Å². The van der Waals surface area contributed by atoms with E-state index in [0.717, 1.165) is 6.07 Å². The maximum absolute atomic E-state index is 14.0. The van der Waals surface area contributed by atoms with Crippen LogP contribution in [0.4, 0.5) is 17.6 Å². The predicted octanol–water partition coefficient (Wildman–Crippen LogP) is 1.90. The minimum Gasteiger partial charge on any atom is -0.494 e. The highest BCUT2D eigenvalue weighted by atomic mass is 32.2. The van der Waals surface area contributed by atoms with Crippen LogP contribution >= 0.6 is 0 Å². The molecular formula is C20H18F4N2O6S. The molecule has 1 fully saturated rings.